The number of hydrogen-bond donors (Lipinski definition) is 8. The summed E-state index contributed by atoms with van der Waals surface area (Å²) >= 11 is 0. The van der Waals surface area contributed by atoms with Crippen LogP contribution in [0, 0.1) is 5.92 Å². The summed E-state index contributed by atoms with van der Waals surface area (Å²) in [4.78, 5) is 96.5. The number of rotatable bonds is 15. The molecule has 224 valence electrons. The van der Waals surface area contributed by atoms with E-state index in [9.17, 15) is 43.5 Å². The molecule has 0 saturated heterocycles. The first kappa shape index (κ1) is 33.9. The molecule has 0 aromatic heterocycles. The number of ketones is 1. The normalized spacial score (nSPS) is 17.6. The van der Waals surface area contributed by atoms with Crippen LogP contribution in [-0.2, 0) is 38.4 Å². The van der Waals surface area contributed by atoms with Crippen molar-refractivity contribution < 1.29 is 48.6 Å². The molecule has 16 heteroatoms. The van der Waals surface area contributed by atoms with Crippen LogP contribution in [0.4, 0.5) is 0 Å². The van der Waals surface area contributed by atoms with Crippen molar-refractivity contribution in [1.29, 1.82) is 0 Å². The fraction of sp³-hybridized carbons (Fsp3) is 0.667. The highest BCUT2D eigenvalue weighted by Gasteiger charge is 2.36. The third-order valence-electron chi connectivity index (χ3n) is 6.33. The number of hydrogen-bond acceptors (Lipinski definition) is 9. The topological polar surface area (TPSA) is 263 Å². The Hall–Kier alpha value is -4.08. The molecule has 0 bridgehead atoms. The third-order valence-corrected chi connectivity index (χ3v) is 6.33. The van der Waals surface area contributed by atoms with Crippen molar-refractivity contribution in [3.63, 3.8) is 0 Å². The monoisotopic (exact) mass is 570 g/mol. The van der Waals surface area contributed by atoms with Crippen molar-refractivity contribution in [3.8, 4) is 0 Å². The average molecular weight is 571 g/mol. The van der Waals surface area contributed by atoms with Crippen LogP contribution in [-0.4, -0.2) is 93.7 Å². The molecule has 6 amide bonds. The SMILES string of the molecule is CC(=O)N[C@H](C(=O)N[C@H](C(=O)N[C@@H](C)C(=O)N[C@@H](C)C(=O)C(=O)N[C@@H](CC(=O)O)C(N)=O)[C@@H](C)O)C1CCCC1. The van der Waals surface area contributed by atoms with E-state index in [4.69, 9.17) is 10.8 Å². The molecule has 0 spiro atoms. The van der Waals surface area contributed by atoms with Crippen LogP contribution >= 0.6 is 0 Å². The molecule has 1 rings (SSSR count). The molecule has 16 nitrogen and oxygen atoms in total. The van der Waals surface area contributed by atoms with Gasteiger partial charge >= 0.3 is 5.97 Å². The molecule has 0 aliphatic heterocycles. The fourth-order valence-corrected chi connectivity index (χ4v) is 4.15. The van der Waals surface area contributed by atoms with Crippen molar-refractivity contribution in [1.82, 2.24) is 26.6 Å². The molecule has 40 heavy (non-hydrogen) atoms. The van der Waals surface area contributed by atoms with Gasteiger partial charge < -0.3 is 42.5 Å². The van der Waals surface area contributed by atoms with E-state index in [1.165, 1.54) is 20.8 Å². The Balaban J connectivity index is 2.79. The number of aliphatic hydroxyl groups is 1. The lowest BCUT2D eigenvalue weighted by Gasteiger charge is -2.28. The molecule has 0 radical (unpaired) electrons. The molecular formula is C24H38N6O10. The van der Waals surface area contributed by atoms with Gasteiger partial charge in [-0.25, -0.2) is 0 Å². The van der Waals surface area contributed by atoms with E-state index in [-0.39, 0.29) is 5.92 Å². The summed E-state index contributed by atoms with van der Waals surface area (Å²) in [5, 5.41) is 30.3. The summed E-state index contributed by atoms with van der Waals surface area (Å²) in [6.45, 7) is 4.91. The van der Waals surface area contributed by atoms with Gasteiger partial charge in [0.15, 0.2) is 0 Å². The van der Waals surface area contributed by atoms with Crippen LogP contribution in [0.3, 0.4) is 0 Å². The molecule has 0 heterocycles. The molecule has 0 aromatic carbocycles. The van der Waals surface area contributed by atoms with Crippen molar-refractivity contribution in [2.75, 3.05) is 0 Å². The minimum atomic E-state index is -1.65. The number of carbonyl (C=O) groups excluding carboxylic acids is 7. The number of aliphatic hydroxyl groups excluding tert-OH is 1. The van der Waals surface area contributed by atoms with Crippen LogP contribution in [0.2, 0.25) is 0 Å². The number of primary amides is 1. The zero-order valence-electron chi connectivity index (χ0n) is 22.8. The predicted octanol–water partition coefficient (Wildman–Crippen LogP) is -3.43. The van der Waals surface area contributed by atoms with Gasteiger partial charge in [-0.1, -0.05) is 12.8 Å². The number of aliphatic carboxylic acids is 1. The maximum atomic E-state index is 12.9. The lowest BCUT2D eigenvalue weighted by Crippen LogP contribution is -2.60. The number of nitrogens with two attached hydrogens (primary N) is 1. The maximum absolute atomic E-state index is 12.9. The second-order valence-electron chi connectivity index (χ2n) is 9.80. The van der Waals surface area contributed by atoms with Crippen LogP contribution < -0.4 is 32.3 Å². The van der Waals surface area contributed by atoms with E-state index in [2.05, 4.69) is 21.3 Å². The highest BCUT2D eigenvalue weighted by Crippen LogP contribution is 2.28. The van der Waals surface area contributed by atoms with Gasteiger partial charge in [0, 0.05) is 6.92 Å². The van der Waals surface area contributed by atoms with Crippen molar-refractivity contribution in [3.05, 3.63) is 0 Å². The van der Waals surface area contributed by atoms with Gasteiger partial charge in [0.1, 0.15) is 24.2 Å². The average Bonchev–Trinajstić information content (AvgIpc) is 3.38. The molecule has 0 unspecified atom stereocenters. The van der Waals surface area contributed by atoms with Crippen LogP contribution in [0.5, 0.6) is 0 Å². The Kier molecular flexibility index (Phi) is 13.2. The summed E-state index contributed by atoms with van der Waals surface area (Å²) in [5.41, 5.74) is 5.02. The first-order valence-electron chi connectivity index (χ1n) is 12.8. The van der Waals surface area contributed by atoms with Gasteiger partial charge in [-0.05, 0) is 39.5 Å². The Morgan fingerprint density at radius 3 is 1.82 bits per heavy atom. The second kappa shape index (κ2) is 15.5. The summed E-state index contributed by atoms with van der Waals surface area (Å²) < 4.78 is 0. The van der Waals surface area contributed by atoms with Gasteiger partial charge in [-0.3, -0.25) is 38.4 Å². The van der Waals surface area contributed by atoms with E-state index >= 15 is 0 Å². The lowest BCUT2D eigenvalue weighted by molar-refractivity contribution is -0.143. The van der Waals surface area contributed by atoms with E-state index in [0.29, 0.717) is 12.8 Å². The summed E-state index contributed by atoms with van der Waals surface area (Å²) in [6.07, 6.45) is 0.951. The molecule has 1 aliphatic carbocycles. The zero-order valence-corrected chi connectivity index (χ0v) is 22.8. The van der Waals surface area contributed by atoms with Gasteiger partial charge in [0.25, 0.3) is 5.91 Å². The van der Waals surface area contributed by atoms with Gasteiger partial charge in [0.2, 0.25) is 35.3 Å². The molecule has 0 aromatic rings. The van der Waals surface area contributed by atoms with Crippen molar-refractivity contribution in [2.24, 2.45) is 11.7 Å². The van der Waals surface area contributed by atoms with Crippen LogP contribution in [0.1, 0.15) is 59.8 Å². The quantitative estimate of drug-likeness (QED) is 0.0903. The van der Waals surface area contributed by atoms with E-state index in [0.717, 1.165) is 19.8 Å². The summed E-state index contributed by atoms with van der Waals surface area (Å²) in [6, 6.07) is -6.78. The minimum absolute atomic E-state index is 0.134. The number of Topliss-reactive ketones (excluding diaryl/α,β-unsaturated/α-hetero) is 1. The highest BCUT2D eigenvalue weighted by molar-refractivity contribution is 6.38. The van der Waals surface area contributed by atoms with Crippen LogP contribution in [0.25, 0.3) is 0 Å². The predicted molar refractivity (Wildman–Crippen MR) is 137 cm³/mol. The Morgan fingerprint density at radius 2 is 1.35 bits per heavy atom. The van der Waals surface area contributed by atoms with E-state index < -0.39 is 89.9 Å². The van der Waals surface area contributed by atoms with E-state index in [1.807, 2.05) is 5.32 Å². The summed E-state index contributed by atoms with van der Waals surface area (Å²) in [5.74, 6) is -8.25. The largest absolute Gasteiger partial charge is 0.481 e. The highest BCUT2D eigenvalue weighted by atomic mass is 16.4. The van der Waals surface area contributed by atoms with Crippen molar-refractivity contribution >= 4 is 47.2 Å². The first-order chi connectivity index (χ1) is 18.5. The summed E-state index contributed by atoms with van der Waals surface area (Å²) in [7, 11) is 0. The second-order valence-corrected chi connectivity index (χ2v) is 9.80. The molecule has 1 fully saturated rings. The molecule has 6 atom stereocenters. The van der Waals surface area contributed by atoms with Gasteiger partial charge in [-0.2, -0.15) is 0 Å². The fourth-order valence-electron chi connectivity index (χ4n) is 4.15. The molecule has 1 saturated carbocycles. The lowest BCUT2D eigenvalue weighted by atomic mass is 9.96. The van der Waals surface area contributed by atoms with Crippen LogP contribution in [0.15, 0.2) is 0 Å². The zero-order chi connectivity index (χ0) is 30.7. The maximum Gasteiger partial charge on any atom is 0.305 e. The molecule has 1 aliphatic rings. The Morgan fingerprint density at radius 1 is 0.800 bits per heavy atom. The first-order valence-corrected chi connectivity index (χ1v) is 12.8. The number of carboxylic acids is 1. The van der Waals surface area contributed by atoms with E-state index in [1.54, 1.807) is 0 Å². The Labute approximate surface area is 230 Å². The number of carboxylic acid groups (broad SMARTS) is 1. The third kappa shape index (κ3) is 10.6. The number of nitrogens with one attached hydrogen (secondary N) is 5. The molecule has 9 N–H and O–H groups in total. The molecular weight excluding hydrogens is 532 g/mol. The number of amides is 6. The number of carbonyl (C=O) groups is 8. The standard InChI is InChI=1S/C24H38N6O10/c1-10(19(35)24(40)29-15(20(25)36)9-16(33)34)26-21(37)11(2)27-22(38)17(12(3)31)30-23(39)18(28-13(4)32)14-7-5-6-8-14/h10-12,14-15,17-18,31H,5-9H2,1-4H3,(H2,25,36)(H,26,37)(H,27,38)(H,28,32)(H,29,40)(H,30,39)(H,33,34)/t10-,11-,12+,15-,17-,18-/m0/s1. The Bertz CT molecular complexity index is 1010. The smallest absolute Gasteiger partial charge is 0.305 e. The minimum Gasteiger partial charge on any atom is -0.481 e. The van der Waals surface area contributed by atoms with Gasteiger partial charge in [-0.15, -0.1) is 0 Å². The van der Waals surface area contributed by atoms with Gasteiger partial charge in [0.05, 0.1) is 18.6 Å². The van der Waals surface area contributed by atoms with Crippen molar-refractivity contribution in [2.45, 2.75) is 96.1 Å².